The summed E-state index contributed by atoms with van der Waals surface area (Å²) in [5, 5.41) is 2.89. The van der Waals surface area contributed by atoms with Gasteiger partial charge in [0.2, 0.25) is 10.0 Å². The molecule has 28 heavy (non-hydrogen) atoms. The van der Waals surface area contributed by atoms with Gasteiger partial charge in [0.1, 0.15) is 0 Å². The fourth-order valence-corrected chi connectivity index (χ4v) is 7.12. The lowest BCUT2D eigenvalue weighted by Gasteiger charge is -2.39. The monoisotopic (exact) mass is 406 g/mol. The largest absolute Gasteiger partial charge is 0.352 e. The van der Waals surface area contributed by atoms with Gasteiger partial charge < -0.3 is 5.32 Å². The van der Waals surface area contributed by atoms with Crippen molar-refractivity contribution in [2.24, 2.45) is 10.8 Å². The smallest absolute Gasteiger partial charge is 0.251 e. The molecule has 0 aromatic heterocycles. The van der Waals surface area contributed by atoms with Gasteiger partial charge in [-0.15, -0.1) is 0 Å². The van der Waals surface area contributed by atoms with Gasteiger partial charge in [-0.25, -0.2) is 8.42 Å². The number of fused-ring (bicyclic) bond motifs is 2. The van der Waals surface area contributed by atoms with Crippen LogP contribution in [0.2, 0.25) is 0 Å². The van der Waals surface area contributed by atoms with Crippen molar-refractivity contribution in [2.75, 3.05) is 13.1 Å². The van der Waals surface area contributed by atoms with Crippen LogP contribution in [0.25, 0.3) is 0 Å². The van der Waals surface area contributed by atoms with E-state index in [9.17, 15) is 13.2 Å². The van der Waals surface area contributed by atoms with E-state index < -0.39 is 10.0 Å². The number of carbonyl (C=O) groups excluding carboxylic acids is 1. The van der Waals surface area contributed by atoms with Crippen LogP contribution in [0.5, 0.6) is 0 Å². The van der Waals surface area contributed by atoms with E-state index in [2.05, 4.69) is 33.0 Å². The van der Waals surface area contributed by atoms with Gasteiger partial charge in [0.15, 0.2) is 0 Å². The Morgan fingerprint density at radius 1 is 1.21 bits per heavy atom. The van der Waals surface area contributed by atoms with Gasteiger partial charge in [0.05, 0.1) is 4.90 Å². The molecule has 1 aliphatic heterocycles. The molecule has 0 radical (unpaired) electrons. The summed E-state index contributed by atoms with van der Waals surface area (Å²) in [6, 6.07) is 6.53. The minimum absolute atomic E-state index is 0.0355. The summed E-state index contributed by atoms with van der Waals surface area (Å²) in [7, 11) is -3.61. The highest BCUT2D eigenvalue weighted by molar-refractivity contribution is 7.89. The number of rotatable bonds is 7. The summed E-state index contributed by atoms with van der Waals surface area (Å²) in [5.41, 5.74) is 0.599. The van der Waals surface area contributed by atoms with Crippen LogP contribution in [-0.2, 0) is 10.0 Å². The van der Waals surface area contributed by atoms with Crippen molar-refractivity contribution < 1.29 is 13.2 Å². The van der Waals surface area contributed by atoms with E-state index in [1.54, 1.807) is 22.5 Å². The molecule has 1 saturated carbocycles. The van der Waals surface area contributed by atoms with Crippen LogP contribution < -0.4 is 5.32 Å². The van der Waals surface area contributed by atoms with Crippen LogP contribution in [0.3, 0.4) is 0 Å². The molecular weight excluding hydrogens is 372 g/mol. The van der Waals surface area contributed by atoms with Crippen molar-refractivity contribution in [1.29, 1.82) is 0 Å². The Labute approximate surface area is 169 Å². The molecule has 1 heterocycles. The Balaban J connectivity index is 1.79. The molecule has 156 valence electrons. The SMILES string of the molecule is CCCCCNC(=O)c1cccc(S(=O)(=O)N2C[C@]3(C)C[C@@H]2CC(C)(C)C3)c1. The van der Waals surface area contributed by atoms with E-state index in [-0.39, 0.29) is 27.7 Å². The van der Waals surface area contributed by atoms with Gasteiger partial charge >= 0.3 is 0 Å². The molecule has 3 rings (SSSR count). The molecule has 1 aliphatic carbocycles. The molecule has 5 nitrogen and oxygen atoms in total. The molecule has 1 amide bonds. The number of nitrogens with zero attached hydrogens (tertiary/aromatic N) is 1. The zero-order valence-electron chi connectivity index (χ0n) is 17.6. The third-order valence-corrected chi connectivity index (χ3v) is 8.03. The molecule has 1 aromatic carbocycles. The minimum Gasteiger partial charge on any atom is -0.352 e. The first-order valence-electron chi connectivity index (χ1n) is 10.5. The first-order chi connectivity index (χ1) is 13.1. The average molecular weight is 407 g/mol. The lowest BCUT2D eigenvalue weighted by molar-refractivity contribution is 0.0952. The van der Waals surface area contributed by atoms with Crippen molar-refractivity contribution in [3.8, 4) is 0 Å². The predicted molar refractivity (Wildman–Crippen MR) is 112 cm³/mol. The molecule has 2 bridgehead atoms. The van der Waals surface area contributed by atoms with Gasteiger partial charge in [-0.3, -0.25) is 4.79 Å². The van der Waals surface area contributed by atoms with Crippen molar-refractivity contribution in [2.45, 2.75) is 77.2 Å². The van der Waals surface area contributed by atoms with Gasteiger partial charge in [0.25, 0.3) is 5.91 Å². The molecule has 6 heteroatoms. The summed E-state index contributed by atoms with van der Waals surface area (Å²) in [6.07, 6.45) is 5.95. The van der Waals surface area contributed by atoms with Crippen LogP contribution >= 0.6 is 0 Å². The summed E-state index contributed by atoms with van der Waals surface area (Å²) in [6.45, 7) is 9.97. The Kier molecular flexibility index (Phi) is 5.93. The lowest BCUT2D eigenvalue weighted by Crippen LogP contribution is -2.37. The van der Waals surface area contributed by atoms with Crippen LogP contribution in [-0.4, -0.2) is 37.8 Å². The lowest BCUT2D eigenvalue weighted by atomic mass is 9.65. The number of benzene rings is 1. The maximum atomic E-state index is 13.4. The first kappa shape index (κ1) is 21.3. The molecule has 1 aromatic rings. The van der Waals surface area contributed by atoms with Crippen LogP contribution in [0.4, 0.5) is 0 Å². The van der Waals surface area contributed by atoms with Crippen molar-refractivity contribution in [3.05, 3.63) is 29.8 Å². The van der Waals surface area contributed by atoms with E-state index in [0.717, 1.165) is 38.5 Å². The second-order valence-electron chi connectivity index (χ2n) is 9.75. The number of amides is 1. The number of nitrogens with one attached hydrogen (secondary N) is 1. The Bertz CT molecular complexity index is 834. The van der Waals surface area contributed by atoms with Crippen LogP contribution in [0.1, 0.15) is 76.6 Å². The third kappa shape index (κ3) is 4.43. The summed E-state index contributed by atoms with van der Waals surface area (Å²) < 4.78 is 28.5. The number of hydrogen-bond acceptors (Lipinski definition) is 3. The highest BCUT2D eigenvalue weighted by Crippen LogP contribution is 2.53. The van der Waals surface area contributed by atoms with Crippen molar-refractivity contribution in [1.82, 2.24) is 9.62 Å². The third-order valence-electron chi connectivity index (χ3n) is 6.14. The van der Waals surface area contributed by atoms with Crippen molar-refractivity contribution in [3.63, 3.8) is 0 Å². The van der Waals surface area contributed by atoms with E-state index in [0.29, 0.717) is 18.7 Å². The Morgan fingerprint density at radius 3 is 2.68 bits per heavy atom. The minimum atomic E-state index is -3.61. The first-order valence-corrected chi connectivity index (χ1v) is 11.9. The maximum Gasteiger partial charge on any atom is 0.251 e. The second kappa shape index (κ2) is 7.79. The molecule has 0 unspecified atom stereocenters. The zero-order valence-corrected chi connectivity index (χ0v) is 18.4. The van der Waals surface area contributed by atoms with Crippen LogP contribution in [0.15, 0.2) is 29.2 Å². The van der Waals surface area contributed by atoms with Gasteiger partial charge in [-0.05, 0) is 54.7 Å². The average Bonchev–Trinajstić information content (AvgIpc) is 2.88. The fraction of sp³-hybridized carbons (Fsp3) is 0.682. The Hall–Kier alpha value is -1.40. The highest BCUT2D eigenvalue weighted by atomic mass is 32.2. The molecular formula is C22H34N2O3S. The molecule has 1 N–H and O–H groups in total. The van der Waals surface area contributed by atoms with Gasteiger partial charge in [-0.2, -0.15) is 4.31 Å². The summed E-state index contributed by atoms with van der Waals surface area (Å²) >= 11 is 0. The predicted octanol–water partition coefficient (Wildman–Crippen LogP) is 4.20. The zero-order chi connectivity index (χ0) is 20.6. The second-order valence-corrected chi connectivity index (χ2v) is 11.6. The normalized spacial score (nSPS) is 26.9. The summed E-state index contributed by atoms with van der Waals surface area (Å²) in [5.74, 6) is -0.207. The Morgan fingerprint density at radius 2 is 1.96 bits per heavy atom. The van der Waals surface area contributed by atoms with Gasteiger partial charge in [0, 0.05) is 24.7 Å². The van der Waals surface area contributed by atoms with Crippen LogP contribution in [0, 0.1) is 10.8 Å². The van der Waals surface area contributed by atoms with E-state index in [4.69, 9.17) is 0 Å². The van der Waals surface area contributed by atoms with E-state index in [1.165, 1.54) is 6.07 Å². The number of sulfonamides is 1. The fourth-order valence-electron chi connectivity index (χ4n) is 5.30. The quantitative estimate of drug-likeness (QED) is 0.690. The number of unbranched alkanes of at least 4 members (excludes halogenated alkanes) is 2. The molecule has 2 fully saturated rings. The standard InChI is InChI=1S/C22H34N2O3S/c1-5-6-7-11-23-20(25)17-9-8-10-19(12-17)28(26,27)24-16-22(4)14-18(24)13-21(2,3)15-22/h8-10,12,18H,5-7,11,13-16H2,1-4H3,(H,23,25)/t18-,22+/m0/s1. The topological polar surface area (TPSA) is 66.5 Å². The number of carbonyl (C=O) groups is 1. The highest BCUT2D eigenvalue weighted by Gasteiger charge is 2.53. The molecule has 2 atom stereocenters. The van der Waals surface area contributed by atoms with E-state index >= 15 is 0 Å². The van der Waals surface area contributed by atoms with Gasteiger partial charge in [-0.1, -0.05) is 46.6 Å². The molecule has 1 saturated heterocycles. The molecule has 0 spiro atoms. The molecule has 2 aliphatic rings. The van der Waals surface area contributed by atoms with E-state index in [1.807, 2.05) is 0 Å². The number of hydrogen-bond donors (Lipinski definition) is 1. The maximum absolute atomic E-state index is 13.4. The summed E-state index contributed by atoms with van der Waals surface area (Å²) in [4.78, 5) is 12.6. The van der Waals surface area contributed by atoms with Crippen molar-refractivity contribution >= 4 is 15.9 Å².